The molecule has 1 aliphatic heterocycles. The molecule has 0 bridgehead atoms. The van der Waals surface area contributed by atoms with E-state index in [4.69, 9.17) is 9.26 Å². The third-order valence-corrected chi connectivity index (χ3v) is 5.46. The molecule has 1 fully saturated rings. The van der Waals surface area contributed by atoms with Crippen LogP contribution in [-0.4, -0.2) is 36.1 Å². The van der Waals surface area contributed by atoms with E-state index in [2.05, 4.69) is 15.5 Å². The molecule has 0 saturated carbocycles. The molecule has 0 aliphatic carbocycles. The highest BCUT2D eigenvalue weighted by molar-refractivity contribution is 7.91. The molecule has 2 heterocycles. The lowest BCUT2D eigenvalue weighted by Crippen LogP contribution is -2.29. The molecule has 3 rings (SSSR count). The van der Waals surface area contributed by atoms with E-state index < -0.39 is 9.84 Å². The van der Waals surface area contributed by atoms with Gasteiger partial charge in [-0.2, -0.15) is 4.98 Å². The monoisotopic (exact) mass is 337 g/mol. The molecule has 7 nitrogen and oxygen atoms in total. The van der Waals surface area contributed by atoms with Crippen LogP contribution >= 0.6 is 0 Å². The fraction of sp³-hybridized carbons (Fsp3) is 0.467. The fourth-order valence-electron chi connectivity index (χ4n) is 2.47. The van der Waals surface area contributed by atoms with Crippen LogP contribution in [0.4, 0.5) is 0 Å². The Bertz CT molecular complexity index is 755. The average Bonchev–Trinajstić information content (AvgIpc) is 3.09. The second kappa shape index (κ2) is 6.67. The minimum Gasteiger partial charge on any atom is -0.485 e. The quantitative estimate of drug-likeness (QED) is 0.847. The Morgan fingerprint density at radius 3 is 2.74 bits per heavy atom. The van der Waals surface area contributed by atoms with Crippen molar-refractivity contribution in [3.05, 3.63) is 41.5 Å². The summed E-state index contributed by atoms with van der Waals surface area (Å²) >= 11 is 0. The van der Waals surface area contributed by atoms with Crippen molar-refractivity contribution in [3.63, 3.8) is 0 Å². The maximum Gasteiger partial charge on any atom is 0.223 e. The largest absolute Gasteiger partial charge is 0.485 e. The summed E-state index contributed by atoms with van der Waals surface area (Å²) in [7, 11) is -2.84. The van der Waals surface area contributed by atoms with Gasteiger partial charge in [-0.15, -0.1) is 0 Å². The number of hydrogen-bond donors (Lipinski definition) is 1. The highest BCUT2D eigenvalue weighted by atomic mass is 32.2. The van der Waals surface area contributed by atoms with Crippen molar-refractivity contribution in [1.82, 2.24) is 15.5 Å². The van der Waals surface area contributed by atoms with E-state index in [0.29, 0.717) is 24.7 Å². The van der Waals surface area contributed by atoms with E-state index in [1.165, 1.54) is 0 Å². The van der Waals surface area contributed by atoms with Gasteiger partial charge in [0.2, 0.25) is 11.7 Å². The second-order valence-electron chi connectivity index (χ2n) is 5.64. The molecule has 8 heteroatoms. The number of nitrogens with zero attached hydrogens (tertiary/aromatic N) is 2. The minimum absolute atomic E-state index is 0.0532. The van der Waals surface area contributed by atoms with Crippen LogP contribution < -0.4 is 10.1 Å². The number of nitrogens with one attached hydrogen (secondary N) is 1. The molecule has 1 atom stereocenters. The number of benzene rings is 1. The van der Waals surface area contributed by atoms with E-state index in [-0.39, 0.29) is 24.2 Å². The smallest absolute Gasteiger partial charge is 0.223 e. The lowest BCUT2D eigenvalue weighted by molar-refractivity contribution is 0.285. The van der Waals surface area contributed by atoms with Gasteiger partial charge in [-0.25, -0.2) is 8.42 Å². The van der Waals surface area contributed by atoms with Gasteiger partial charge in [-0.1, -0.05) is 17.3 Å². The first-order valence-corrected chi connectivity index (χ1v) is 9.27. The van der Waals surface area contributed by atoms with E-state index in [1.54, 1.807) is 6.92 Å². The van der Waals surface area contributed by atoms with Gasteiger partial charge in [-0.05, 0) is 24.1 Å². The number of aromatic nitrogens is 2. The van der Waals surface area contributed by atoms with Crippen molar-refractivity contribution in [2.45, 2.75) is 32.5 Å². The van der Waals surface area contributed by atoms with Crippen molar-refractivity contribution in [2.75, 3.05) is 11.5 Å². The zero-order valence-corrected chi connectivity index (χ0v) is 13.7. The molecular formula is C15H19N3O4S. The van der Waals surface area contributed by atoms with Crippen LogP contribution in [0, 0.1) is 6.92 Å². The van der Waals surface area contributed by atoms with E-state index in [9.17, 15) is 8.42 Å². The van der Waals surface area contributed by atoms with Gasteiger partial charge >= 0.3 is 0 Å². The Labute approximate surface area is 135 Å². The normalized spacial score (nSPS) is 19.8. The molecule has 1 saturated heterocycles. The van der Waals surface area contributed by atoms with Gasteiger partial charge in [0.25, 0.3) is 0 Å². The van der Waals surface area contributed by atoms with Gasteiger partial charge in [0.1, 0.15) is 5.75 Å². The van der Waals surface area contributed by atoms with Crippen molar-refractivity contribution < 1.29 is 17.7 Å². The Morgan fingerprint density at radius 2 is 2.13 bits per heavy atom. The molecule has 0 unspecified atom stereocenters. The number of rotatable bonds is 6. The molecule has 124 valence electrons. The third-order valence-electron chi connectivity index (χ3n) is 3.69. The SMILES string of the molecule is Cc1nc(COc2ccc(CN[C@H]3CCS(=O)(=O)C3)cc2)no1. The zero-order chi connectivity index (χ0) is 16.3. The number of sulfone groups is 1. The molecular weight excluding hydrogens is 318 g/mol. The topological polar surface area (TPSA) is 94.3 Å². The Morgan fingerprint density at radius 1 is 1.35 bits per heavy atom. The predicted molar refractivity (Wildman–Crippen MR) is 83.7 cm³/mol. The van der Waals surface area contributed by atoms with Gasteiger partial charge in [0.15, 0.2) is 16.4 Å². The van der Waals surface area contributed by atoms with Crippen molar-refractivity contribution in [3.8, 4) is 5.75 Å². The average molecular weight is 337 g/mol. The maximum absolute atomic E-state index is 11.4. The van der Waals surface area contributed by atoms with Crippen LogP contribution in [0.5, 0.6) is 5.75 Å². The minimum atomic E-state index is -2.84. The highest BCUT2D eigenvalue weighted by Gasteiger charge is 2.27. The van der Waals surface area contributed by atoms with Gasteiger partial charge < -0.3 is 14.6 Å². The lowest BCUT2D eigenvalue weighted by atomic mass is 10.2. The lowest BCUT2D eigenvalue weighted by Gasteiger charge is -2.11. The first kappa shape index (κ1) is 15.9. The maximum atomic E-state index is 11.4. The number of aryl methyl sites for hydroxylation is 1. The summed E-state index contributed by atoms with van der Waals surface area (Å²) in [6.07, 6.45) is 0.688. The van der Waals surface area contributed by atoms with Crippen LogP contribution in [0.25, 0.3) is 0 Å². The molecule has 0 radical (unpaired) electrons. The third kappa shape index (κ3) is 4.52. The van der Waals surface area contributed by atoms with Gasteiger partial charge in [0, 0.05) is 19.5 Å². The molecule has 23 heavy (non-hydrogen) atoms. The Balaban J connectivity index is 1.47. The predicted octanol–water partition coefficient (Wildman–Crippen LogP) is 1.23. The number of ether oxygens (including phenoxy) is 1. The summed E-state index contributed by atoms with van der Waals surface area (Å²) in [5.41, 5.74) is 1.08. The standard InChI is InChI=1S/C15H19N3O4S/c1-11-17-15(18-22-11)9-21-14-4-2-12(3-5-14)8-16-13-6-7-23(19,20)10-13/h2-5,13,16H,6-10H2,1H3/t13-/m0/s1. The molecule has 1 N–H and O–H groups in total. The van der Waals surface area contributed by atoms with Crippen LogP contribution in [-0.2, 0) is 23.0 Å². The van der Waals surface area contributed by atoms with Gasteiger partial charge in [-0.3, -0.25) is 0 Å². The first-order chi connectivity index (χ1) is 11.0. The summed E-state index contributed by atoms with van der Waals surface area (Å²) in [4.78, 5) is 4.07. The first-order valence-electron chi connectivity index (χ1n) is 7.45. The van der Waals surface area contributed by atoms with Crippen LogP contribution in [0.1, 0.15) is 23.7 Å². The highest BCUT2D eigenvalue weighted by Crippen LogP contribution is 2.15. The number of hydrogen-bond acceptors (Lipinski definition) is 7. The van der Waals surface area contributed by atoms with Crippen molar-refractivity contribution >= 4 is 9.84 Å². The second-order valence-corrected chi connectivity index (χ2v) is 7.87. The summed E-state index contributed by atoms with van der Waals surface area (Å²) in [6, 6.07) is 7.70. The fourth-order valence-corrected chi connectivity index (χ4v) is 4.18. The van der Waals surface area contributed by atoms with E-state index in [0.717, 1.165) is 11.3 Å². The van der Waals surface area contributed by atoms with E-state index >= 15 is 0 Å². The molecule has 0 spiro atoms. The van der Waals surface area contributed by atoms with Crippen LogP contribution in [0.2, 0.25) is 0 Å². The zero-order valence-electron chi connectivity index (χ0n) is 12.9. The molecule has 1 aromatic heterocycles. The molecule has 2 aromatic rings. The van der Waals surface area contributed by atoms with Crippen LogP contribution in [0.3, 0.4) is 0 Å². The van der Waals surface area contributed by atoms with Crippen molar-refractivity contribution in [1.29, 1.82) is 0 Å². The van der Waals surface area contributed by atoms with Gasteiger partial charge in [0.05, 0.1) is 11.5 Å². The molecule has 1 aromatic carbocycles. The Hall–Kier alpha value is -1.93. The van der Waals surface area contributed by atoms with Crippen LogP contribution in [0.15, 0.2) is 28.8 Å². The summed E-state index contributed by atoms with van der Waals surface area (Å²) < 4.78 is 33.3. The molecule has 0 amide bonds. The summed E-state index contributed by atoms with van der Waals surface area (Å²) in [5.74, 6) is 2.26. The summed E-state index contributed by atoms with van der Waals surface area (Å²) in [5, 5.41) is 7.04. The van der Waals surface area contributed by atoms with Crippen molar-refractivity contribution in [2.24, 2.45) is 0 Å². The molecule has 1 aliphatic rings. The Kier molecular flexibility index (Phi) is 4.63. The van der Waals surface area contributed by atoms with E-state index in [1.807, 2.05) is 24.3 Å². The summed E-state index contributed by atoms with van der Waals surface area (Å²) in [6.45, 7) is 2.63.